The van der Waals surface area contributed by atoms with Gasteiger partial charge in [-0.1, -0.05) is 0 Å². The molecule has 19 heavy (non-hydrogen) atoms. The Morgan fingerprint density at radius 3 is 1.95 bits per heavy atom. The molecule has 0 unspecified atom stereocenters. The topological polar surface area (TPSA) is 128 Å². The van der Waals surface area contributed by atoms with Gasteiger partial charge in [-0.05, 0) is 0 Å². The van der Waals surface area contributed by atoms with Crippen LogP contribution >= 0.6 is 0 Å². The van der Waals surface area contributed by atoms with E-state index in [1.807, 2.05) is 0 Å². The van der Waals surface area contributed by atoms with Gasteiger partial charge in [0.1, 0.15) is 6.73 Å². The lowest BCUT2D eigenvalue weighted by atomic mass is 10.4. The zero-order valence-electron chi connectivity index (χ0n) is 10.4. The lowest BCUT2D eigenvalue weighted by molar-refractivity contribution is -0.141. The third kappa shape index (κ3) is 9.94. The van der Waals surface area contributed by atoms with Crippen molar-refractivity contribution in [2.45, 2.75) is 0 Å². The second kappa shape index (κ2) is 10.2. The number of rotatable bonds is 12. The third-order valence-corrected chi connectivity index (χ3v) is 2.19. The fourth-order valence-corrected chi connectivity index (χ4v) is 1.40. The Hall–Kier alpha value is -1.71. The van der Waals surface area contributed by atoms with Crippen LogP contribution in [-0.4, -0.2) is 89.6 Å². The van der Waals surface area contributed by atoms with Crippen molar-refractivity contribution in [2.24, 2.45) is 0 Å². The molecule has 0 fully saturated rings. The number of carbonyl (C=O) groups excluding carboxylic acids is 1. The molecule has 0 aromatic heterocycles. The van der Waals surface area contributed by atoms with Crippen molar-refractivity contribution in [3.63, 3.8) is 0 Å². The highest BCUT2D eigenvalue weighted by molar-refractivity contribution is 5.72. The summed E-state index contributed by atoms with van der Waals surface area (Å²) >= 11 is 0. The van der Waals surface area contributed by atoms with Gasteiger partial charge >= 0.3 is 11.9 Å². The van der Waals surface area contributed by atoms with Crippen molar-refractivity contribution in [2.75, 3.05) is 46.1 Å². The van der Waals surface area contributed by atoms with E-state index in [0.717, 1.165) is 0 Å². The Labute approximate surface area is 110 Å². The molecule has 0 aliphatic rings. The van der Waals surface area contributed by atoms with Gasteiger partial charge in [0, 0.05) is 19.6 Å². The lowest BCUT2D eigenvalue weighted by Gasteiger charge is -2.24. The average Bonchev–Trinajstić information content (AvgIpc) is 2.31. The maximum atomic E-state index is 10.6. The molecule has 110 valence electrons. The first-order valence-electron chi connectivity index (χ1n) is 5.54. The quantitative estimate of drug-likeness (QED) is 0.271. The minimum absolute atomic E-state index is 0.0436. The monoisotopic (exact) mass is 278 g/mol. The molecule has 0 heterocycles. The van der Waals surface area contributed by atoms with Crippen LogP contribution in [0.4, 0.5) is 0 Å². The van der Waals surface area contributed by atoms with Gasteiger partial charge in [-0.25, -0.2) is 0 Å². The largest absolute Gasteiger partial charge is 0.480 e. The third-order valence-electron chi connectivity index (χ3n) is 2.19. The maximum Gasteiger partial charge on any atom is 0.317 e. The van der Waals surface area contributed by atoms with Gasteiger partial charge in [-0.2, -0.15) is 0 Å². The summed E-state index contributed by atoms with van der Waals surface area (Å²) in [5, 5.41) is 26.1. The van der Waals surface area contributed by atoms with E-state index in [2.05, 4.69) is 4.74 Å². The molecule has 0 aromatic rings. The SMILES string of the molecule is O=COCN(CCO)CCN(CC(=O)O)CC(=O)O. The van der Waals surface area contributed by atoms with E-state index in [4.69, 9.17) is 15.3 Å². The minimum atomic E-state index is -1.13. The smallest absolute Gasteiger partial charge is 0.317 e. The molecule has 9 nitrogen and oxygen atoms in total. The van der Waals surface area contributed by atoms with Crippen molar-refractivity contribution >= 4 is 18.4 Å². The van der Waals surface area contributed by atoms with Crippen LogP contribution in [-0.2, 0) is 19.1 Å². The highest BCUT2D eigenvalue weighted by atomic mass is 16.5. The average molecular weight is 278 g/mol. The number of nitrogens with zero attached hydrogens (tertiary/aromatic N) is 2. The summed E-state index contributed by atoms with van der Waals surface area (Å²) in [5.74, 6) is -2.25. The van der Waals surface area contributed by atoms with Crippen molar-refractivity contribution < 1.29 is 34.4 Å². The summed E-state index contributed by atoms with van der Waals surface area (Å²) < 4.78 is 4.53. The Bertz CT molecular complexity index is 282. The molecule has 0 aliphatic heterocycles. The number of hydrogen-bond donors (Lipinski definition) is 3. The summed E-state index contributed by atoms with van der Waals surface area (Å²) in [4.78, 5) is 34.0. The van der Waals surface area contributed by atoms with E-state index in [1.54, 1.807) is 4.90 Å². The summed E-state index contributed by atoms with van der Waals surface area (Å²) in [6.45, 7) is -0.0477. The van der Waals surface area contributed by atoms with E-state index in [-0.39, 0.29) is 39.4 Å². The number of aliphatic hydroxyl groups excluding tert-OH is 1. The summed E-state index contributed by atoms with van der Waals surface area (Å²) in [7, 11) is 0. The van der Waals surface area contributed by atoms with Gasteiger partial charge in [-0.15, -0.1) is 0 Å². The standard InChI is InChI=1S/C10H18N2O7/c13-4-3-11(7-19-8-14)1-2-12(5-9(15)16)6-10(17)18/h8,13H,1-7H2,(H,15,16)(H,17,18). The number of aliphatic carboxylic acids is 2. The molecule has 0 saturated heterocycles. The molecule has 0 bridgehead atoms. The van der Waals surface area contributed by atoms with Crippen LogP contribution in [0.1, 0.15) is 0 Å². The lowest BCUT2D eigenvalue weighted by Crippen LogP contribution is -2.41. The Balaban J connectivity index is 4.25. The number of carboxylic acid groups (broad SMARTS) is 2. The van der Waals surface area contributed by atoms with Gasteiger partial charge in [0.2, 0.25) is 0 Å². The molecule has 3 N–H and O–H groups in total. The predicted molar refractivity (Wildman–Crippen MR) is 62.4 cm³/mol. The minimum Gasteiger partial charge on any atom is -0.480 e. The van der Waals surface area contributed by atoms with Crippen LogP contribution in [0, 0.1) is 0 Å². The first kappa shape index (κ1) is 17.3. The molecule has 0 radical (unpaired) electrons. The second-order valence-corrected chi connectivity index (χ2v) is 3.73. The van der Waals surface area contributed by atoms with E-state index in [0.29, 0.717) is 0 Å². The zero-order valence-corrected chi connectivity index (χ0v) is 10.4. The van der Waals surface area contributed by atoms with E-state index in [1.165, 1.54) is 4.90 Å². The first-order valence-corrected chi connectivity index (χ1v) is 5.54. The molecule has 0 atom stereocenters. The van der Waals surface area contributed by atoms with Gasteiger partial charge in [-0.3, -0.25) is 24.2 Å². The Morgan fingerprint density at radius 2 is 1.53 bits per heavy atom. The second-order valence-electron chi connectivity index (χ2n) is 3.73. The Kier molecular flexibility index (Phi) is 9.31. The maximum absolute atomic E-state index is 10.6. The van der Waals surface area contributed by atoms with Crippen LogP contribution in [0.3, 0.4) is 0 Å². The fraction of sp³-hybridized carbons (Fsp3) is 0.700. The van der Waals surface area contributed by atoms with Crippen molar-refractivity contribution in [1.82, 2.24) is 9.80 Å². The molecular weight excluding hydrogens is 260 g/mol. The van der Waals surface area contributed by atoms with Crippen LogP contribution in [0.2, 0.25) is 0 Å². The number of hydrogen-bond acceptors (Lipinski definition) is 7. The van der Waals surface area contributed by atoms with Gasteiger partial charge in [0.15, 0.2) is 0 Å². The van der Waals surface area contributed by atoms with E-state index >= 15 is 0 Å². The molecule has 9 heteroatoms. The molecule has 0 rings (SSSR count). The van der Waals surface area contributed by atoms with Crippen LogP contribution in [0.25, 0.3) is 0 Å². The first-order chi connectivity index (χ1) is 8.99. The highest BCUT2D eigenvalue weighted by Crippen LogP contribution is 1.93. The molecule has 0 spiro atoms. The fourth-order valence-electron chi connectivity index (χ4n) is 1.40. The molecule has 0 aliphatic carbocycles. The molecule has 0 aromatic carbocycles. The van der Waals surface area contributed by atoms with Crippen LogP contribution in [0.15, 0.2) is 0 Å². The summed E-state index contributed by atoms with van der Waals surface area (Å²) in [5.41, 5.74) is 0. The van der Waals surface area contributed by atoms with Crippen LogP contribution < -0.4 is 0 Å². The molecular formula is C10H18N2O7. The highest BCUT2D eigenvalue weighted by Gasteiger charge is 2.15. The normalized spacial score (nSPS) is 10.7. The Morgan fingerprint density at radius 1 is 1.00 bits per heavy atom. The van der Waals surface area contributed by atoms with E-state index in [9.17, 15) is 14.4 Å². The number of carboxylic acids is 2. The molecule has 0 amide bonds. The van der Waals surface area contributed by atoms with Crippen molar-refractivity contribution in [3.05, 3.63) is 0 Å². The van der Waals surface area contributed by atoms with Crippen molar-refractivity contribution in [1.29, 1.82) is 0 Å². The predicted octanol–water partition coefficient (Wildman–Crippen LogP) is -2.12. The summed E-state index contributed by atoms with van der Waals surface area (Å²) in [6.07, 6.45) is 0. The summed E-state index contributed by atoms with van der Waals surface area (Å²) in [6, 6.07) is 0. The number of ether oxygens (including phenoxy) is 1. The number of aliphatic hydroxyl groups is 1. The van der Waals surface area contributed by atoms with Crippen molar-refractivity contribution in [3.8, 4) is 0 Å². The van der Waals surface area contributed by atoms with Gasteiger partial charge in [0.05, 0.1) is 19.7 Å². The van der Waals surface area contributed by atoms with E-state index < -0.39 is 25.0 Å². The van der Waals surface area contributed by atoms with Gasteiger partial charge in [0.25, 0.3) is 6.47 Å². The number of carbonyl (C=O) groups is 3. The van der Waals surface area contributed by atoms with Crippen LogP contribution in [0.5, 0.6) is 0 Å². The molecule has 0 saturated carbocycles. The zero-order chi connectivity index (χ0) is 14.7. The van der Waals surface area contributed by atoms with Gasteiger partial charge < -0.3 is 20.1 Å².